The molecule has 1 fully saturated rings. The van der Waals surface area contributed by atoms with Gasteiger partial charge in [0.25, 0.3) is 0 Å². The highest BCUT2D eigenvalue weighted by molar-refractivity contribution is 6.29. The predicted octanol–water partition coefficient (Wildman–Crippen LogP) is 1.92. The second-order valence-electron chi connectivity index (χ2n) is 4.90. The first-order valence-electron chi connectivity index (χ1n) is 5.64. The van der Waals surface area contributed by atoms with E-state index in [9.17, 15) is 0 Å². The van der Waals surface area contributed by atoms with Crippen molar-refractivity contribution in [2.24, 2.45) is 0 Å². The Morgan fingerprint density at radius 3 is 3.06 bits per heavy atom. The molecule has 2 rings (SSSR count). The molecule has 0 saturated carbocycles. The first kappa shape index (κ1) is 11.8. The van der Waals surface area contributed by atoms with Gasteiger partial charge < -0.3 is 5.32 Å². The van der Waals surface area contributed by atoms with Crippen LogP contribution in [0.1, 0.15) is 19.4 Å². The Bertz CT molecular complexity index is 365. The number of nitrogens with one attached hydrogen (secondary N) is 1. The summed E-state index contributed by atoms with van der Waals surface area (Å²) in [6.07, 6.45) is 1.77. The zero-order valence-electron chi connectivity index (χ0n) is 9.83. The predicted molar refractivity (Wildman–Crippen MR) is 66.6 cm³/mol. The number of piperazine rings is 1. The van der Waals surface area contributed by atoms with Crippen molar-refractivity contribution in [1.29, 1.82) is 0 Å². The smallest absolute Gasteiger partial charge is 0.129 e. The van der Waals surface area contributed by atoms with Crippen molar-refractivity contribution in [3.05, 3.63) is 29.0 Å². The van der Waals surface area contributed by atoms with Crippen LogP contribution in [0.2, 0.25) is 5.15 Å². The van der Waals surface area contributed by atoms with Crippen molar-refractivity contribution in [3.63, 3.8) is 0 Å². The Morgan fingerprint density at radius 2 is 2.38 bits per heavy atom. The number of rotatable bonds is 2. The topological polar surface area (TPSA) is 28.2 Å². The third kappa shape index (κ3) is 2.73. The van der Waals surface area contributed by atoms with Crippen molar-refractivity contribution in [2.75, 3.05) is 19.6 Å². The maximum atomic E-state index is 5.89. The minimum Gasteiger partial charge on any atom is -0.314 e. The molecule has 2 heterocycles. The molecular weight excluding hydrogens is 222 g/mol. The molecule has 0 aromatic carbocycles. The summed E-state index contributed by atoms with van der Waals surface area (Å²) in [6.45, 7) is 8.64. The highest BCUT2D eigenvalue weighted by Gasteiger charge is 2.29. The number of nitrogens with zero attached hydrogens (tertiary/aromatic N) is 2. The maximum Gasteiger partial charge on any atom is 0.129 e. The molecule has 0 bridgehead atoms. The molecule has 0 radical (unpaired) electrons. The molecule has 16 heavy (non-hydrogen) atoms. The van der Waals surface area contributed by atoms with Crippen LogP contribution in [0, 0.1) is 0 Å². The number of pyridine rings is 1. The average Bonchev–Trinajstić information content (AvgIpc) is 2.21. The monoisotopic (exact) mass is 239 g/mol. The van der Waals surface area contributed by atoms with E-state index in [4.69, 9.17) is 11.6 Å². The molecule has 1 saturated heterocycles. The quantitative estimate of drug-likeness (QED) is 0.800. The molecule has 0 atom stereocenters. The van der Waals surface area contributed by atoms with Gasteiger partial charge in [0.2, 0.25) is 0 Å². The summed E-state index contributed by atoms with van der Waals surface area (Å²) in [5.41, 5.74) is 1.43. The summed E-state index contributed by atoms with van der Waals surface area (Å²) < 4.78 is 0. The lowest BCUT2D eigenvalue weighted by Gasteiger charge is -2.42. The highest BCUT2D eigenvalue weighted by Crippen LogP contribution is 2.20. The molecule has 1 aromatic rings. The van der Waals surface area contributed by atoms with Gasteiger partial charge in [-0.2, -0.15) is 0 Å². The molecule has 0 aliphatic carbocycles. The van der Waals surface area contributed by atoms with Crippen LogP contribution in [0.3, 0.4) is 0 Å². The van der Waals surface area contributed by atoms with Gasteiger partial charge in [-0.15, -0.1) is 0 Å². The Balaban J connectivity index is 2.08. The second kappa shape index (κ2) is 4.70. The van der Waals surface area contributed by atoms with Gasteiger partial charge in [0, 0.05) is 37.9 Å². The van der Waals surface area contributed by atoms with Crippen LogP contribution in [-0.4, -0.2) is 35.1 Å². The standard InChI is InChI=1S/C12H18ClN3/c1-12(2)9-14-5-6-16(12)8-10-3-4-15-11(13)7-10/h3-4,7,14H,5-6,8-9H2,1-2H3. The van der Waals surface area contributed by atoms with Gasteiger partial charge in [-0.1, -0.05) is 11.6 Å². The van der Waals surface area contributed by atoms with Gasteiger partial charge in [0.15, 0.2) is 0 Å². The van der Waals surface area contributed by atoms with E-state index in [1.807, 2.05) is 12.1 Å². The van der Waals surface area contributed by atoms with Crippen molar-refractivity contribution < 1.29 is 0 Å². The van der Waals surface area contributed by atoms with E-state index in [-0.39, 0.29) is 5.54 Å². The first-order chi connectivity index (χ1) is 7.58. The number of hydrogen-bond acceptors (Lipinski definition) is 3. The summed E-state index contributed by atoms with van der Waals surface area (Å²) >= 11 is 5.89. The third-order valence-corrected chi connectivity index (χ3v) is 3.34. The van der Waals surface area contributed by atoms with Crippen LogP contribution in [0.5, 0.6) is 0 Å². The fourth-order valence-electron chi connectivity index (χ4n) is 2.08. The summed E-state index contributed by atoms with van der Waals surface area (Å²) in [5, 5.41) is 4.00. The Kier molecular flexibility index (Phi) is 3.47. The Labute approximate surface area is 102 Å². The van der Waals surface area contributed by atoms with E-state index in [1.54, 1.807) is 6.20 Å². The van der Waals surface area contributed by atoms with Gasteiger partial charge in [-0.3, -0.25) is 4.90 Å². The van der Waals surface area contributed by atoms with E-state index < -0.39 is 0 Å². The van der Waals surface area contributed by atoms with E-state index in [2.05, 4.69) is 29.0 Å². The maximum absolute atomic E-state index is 5.89. The third-order valence-electron chi connectivity index (χ3n) is 3.14. The number of halogens is 1. The summed E-state index contributed by atoms with van der Waals surface area (Å²) in [6, 6.07) is 3.98. The van der Waals surface area contributed by atoms with Crippen LogP contribution < -0.4 is 5.32 Å². The lowest BCUT2D eigenvalue weighted by molar-refractivity contribution is 0.0827. The van der Waals surface area contributed by atoms with Gasteiger partial charge >= 0.3 is 0 Å². The fourth-order valence-corrected chi connectivity index (χ4v) is 2.27. The lowest BCUT2D eigenvalue weighted by Crippen LogP contribution is -2.57. The Hall–Kier alpha value is -0.640. The molecule has 1 aromatic heterocycles. The van der Waals surface area contributed by atoms with E-state index in [0.29, 0.717) is 5.15 Å². The summed E-state index contributed by atoms with van der Waals surface area (Å²) in [7, 11) is 0. The Morgan fingerprint density at radius 1 is 1.56 bits per heavy atom. The van der Waals surface area contributed by atoms with Crippen molar-refractivity contribution in [2.45, 2.75) is 25.9 Å². The second-order valence-corrected chi connectivity index (χ2v) is 5.28. The zero-order chi connectivity index (χ0) is 11.6. The van der Waals surface area contributed by atoms with Gasteiger partial charge in [-0.05, 0) is 31.5 Å². The van der Waals surface area contributed by atoms with Crippen molar-refractivity contribution in [1.82, 2.24) is 15.2 Å². The largest absolute Gasteiger partial charge is 0.314 e. The van der Waals surface area contributed by atoms with E-state index in [1.165, 1.54) is 5.56 Å². The van der Waals surface area contributed by atoms with E-state index in [0.717, 1.165) is 26.2 Å². The van der Waals surface area contributed by atoms with Gasteiger partial charge in [0.05, 0.1) is 0 Å². The molecule has 1 aliphatic rings. The molecule has 0 spiro atoms. The summed E-state index contributed by atoms with van der Waals surface area (Å²) in [5.74, 6) is 0. The van der Waals surface area contributed by atoms with E-state index >= 15 is 0 Å². The summed E-state index contributed by atoms with van der Waals surface area (Å²) in [4.78, 5) is 6.49. The van der Waals surface area contributed by atoms with Crippen LogP contribution in [0.25, 0.3) is 0 Å². The molecule has 4 heteroatoms. The van der Waals surface area contributed by atoms with Crippen molar-refractivity contribution in [3.8, 4) is 0 Å². The molecule has 1 N–H and O–H groups in total. The van der Waals surface area contributed by atoms with Crippen LogP contribution in [0.4, 0.5) is 0 Å². The minimum absolute atomic E-state index is 0.202. The zero-order valence-corrected chi connectivity index (χ0v) is 10.6. The van der Waals surface area contributed by atoms with Gasteiger partial charge in [0.1, 0.15) is 5.15 Å². The first-order valence-corrected chi connectivity index (χ1v) is 6.02. The molecule has 0 unspecified atom stereocenters. The number of aromatic nitrogens is 1. The highest BCUT2D eigenvalue weighted by atomic mass is 35.5. The molecule has 1 aliphatic heterocycles. The van der Waals surface area contributed by atoms with Crippen LogP contribution in [-0.2, 0) is 6.54 Å². The van der Waals surface area contributed by atoms with Crippen molar-refractivity contribution >= 4 is 11.6 Å². The lowest BCUT2D eigenvalue weighted by atomic mass is 9.99. The molecule has 3 nitrogen and oxygen atoms in total. The van der Waals surface area contributed by atoms with Crippen LogP contribution in [0.15, 0.2) is 18.3 Å². The number of hydrogen-bond donors (Lipinski definition) is 1. The van der Waals surface area contributed by atoms with Crippen LogP contribution >= 0.6 is 11.6 Å². The minimum atomic E-state index is 0.202. The molecular formula is C12H18ClN3. The molecule has 0 amide bonds. The van der Waals surface area contributed by atoms with Gasteiger partial charge in [-0.25, -0.2) is 4.98 Å². The normalized spacial score (nSPS) is 20.9. The molecule has 88 valence electrons. The fraction of sp³-hybridized carbons (Fsp3) is 0.583. The SMILES string of the molecule is CC1(C)CNCCN1Cc1ccnc(Cl)c1. The average molecular weight is 240 g/mol.